The minimum absolute atomic E-state index is 0.0124. The number of nitrogens with zero attached hydrogens (tertiary/aromatic N) is 4. The summed E-state index contributed by atoms with van der Waals surface area (Å²) in [5.41, 5.74) is -1.18. The van der Waals surface area contributed by atoms with Crippen LogP contribution < -0.4 is 4.74 Å². The first-order valence-electron chi connectivity index (χ1n) is 15.4. The second-order valence-corrected chi connectivity index (χ2v) is 19.2. The summed E-state index contributed by atoms with van der Waals surface area (Å²) in [5, 5.41) is 22.0. The van der Waals surface area contributed by atoms with Crippen LogP contribution in [-0.2, 0) is 15.6 Å². The van der Waals surface area contributed by atoms with E-state index >= 15 is 0 Å². The molecule has 0 saturated heterocycles. The molecule has 0 spiro atoms. The van der Waals surface area contributed by atoms with Crippen LogP contribution in [0.15, 0.2) is 43.2 Å². The molecule has 0 aliphatic heterocycles. The maximum absolute atomic E-state index is 14.8. The molecule has 3 aromatic rings. The van der Waals surface area contributed by atoms with E-state index < -0.39 is 44.3 Å². The first-order valence-corrected chi connectivity index (χ1v) is 18.3. The molecular weight excluding hydrogens is 613 g/mol. The van der Waals surface area contributed by atoms with Gasteiger partial charge < -0.3 is 23.9 Å². The fourth-order valence-corrected chi connectivity index (χ4v) is 7.98. The van der Waals surface area contributed by atoms with Gasteiger partial charge in [0.1, 0.15) is 29.5 Å². The van der Waals surface area contributed by atoms with Gasteiger partial charge in [-0.3, -0.25) is 0 Å². The molecule has 1 aromatic carbocycles. The number of para-hydroxylation sites is 1. The van der Waals surface area contributed by atoms with Crippen molar-refractivity contribution >= 4 is 26.2 Å². The Kier molecular flexibility index (Phi) is 8.68. The summed E-state index contributed by atoms with van der Waals surface area (Å²) in [5.74, 6) is 0.189. The first kappa shape index (κ1) is 34.0. The number of ether oxygens (including phenoxy) is 1. The van der Waals surface area contributed by atoms with Crippen molar-refractivity contribution in [2.75, 3.05) is 6.67 Å². The molecule has 2 heterocycles. The van der Waals surface area contributed by atoms with Gasteiger partial charge in [-0.25, -0.2) is 19.3 Å². The SMILES string of the molecule is C=Cc1nc2c(n1/C=C(\CF)c1cnc(C3(O[Si](C)(C)C(C)(C)C)CC(C)(O)C3)nc1)[C@@H](c1ccccc1OC(F)F)CC2(C)O. The van der Waals surface area contributed by atoms with E-state index in [1.54, 1.807) is 55.2 Å². The molecule has 0 bridgehead atoms. The van der Waals surface area contributed by atoms with Gasteiger partial charge in [0.15, 0.2) is 14.1 Å². The third kappa shape index (κ3) is 6.19. The number of imidazole rings is 1. The molecule has 5 rings (SSSR count). The lowest BCUT2D eigenvalue weighted by Gasteiger charge is -2.55. The van der Waals surface area contributed by atoms with E-state index in [0.717, 1.165) is 0 Å². The Balaban J connectivity index is 1.56. The highest BCUT2D eigenvalue weighted by atomic mass is 28.4. The van der Waals surface area contributed by atoms with Crippen molar-refractivity contribution < 1.29 is 32.5 Å². The van der Waals surface area contributed by atoms with Crippen LogP contribution in [0.3, 0.4) is 0 Å². The minimum Gasteiger partial charge on any atom is -0.435 e. The third-order valence-corrected chi connectivity index (χ3v) is 14.1. The topological polar surface area (TPSA) is 103 Å². The quantitative estimate of drug-likeness (QED) is 0.220. The number of hydrogen-bond donors (Lipinski definition) is 2. The van der Waals surface area contributed by atoms with Gasteiger partial charge in [-0.15, -0.1) is 0 Å². The van der Waals surface area contributed by atoms with Crippen molar-refractivity contribution in [1.82, 2.24) is 19.5 Å². The molecular formula is C34H43F3N4O4Si. The van der Waals surface area contributed by atoms with E-state index in [2.05, 4.69) is 55.4 Å². The second-order valence-electron chi connectivity index (χ2n) is 14.5. The number of aliphatic hydroxyl groups is 2. The van der Waals surface area contributed by atoms with Crippen molar-refractivity contribution in [3.05, 3.63) is 77.4 Å². The number of rotatable bonds is 10. The maximum atomic E-state index is 14.8. The summed E-state index contributed by atoms with van der Waals surface area (Å²) >= 11 is 0. The van der Waals surface area contributed by atoms with E-state index in [-0.39, 0.29) is 22.8 Å². The van der Waals surface area contributed by atoms with E-state index in [4.69, 9.17) is 9.16 Å². The Morgan fingerprint density at radius 1 is 1.15 bits per heavy atom. The molecule has 2 N–H and O–H groups in total. The lowest BCUT2D eigenvalue weighted by Crippen LogP contribution is -2.60. The van der Waals surface area contributed by atoms with E-state index in [1.165, 1.54) is 12.1 Å². The van der Waals surface area contributed by atoms with Gasteiger partial charge >= 0.3 is 6.61 Å². The van der Waals surface area contributed by atoms with Crippen LogP contribution >= 0.6 is 0 Å². The first-order chi connectivity index (χ1) is 21.3. The van der Waals surface area contributed by atoms with Crippen LogP contribution in [0, 0.1) is 0 Å². The summed E-state index contributed by atoms with van der Waals surface area (Å²) in [6, 6.07) is 6.43. The van der Waals surface area contributed by atoms with Crippen LogP contribution in [0.5, 0.6) is 5.75 Å². The molecule has 2 atom stereocenters. The second kappa shape index (κ2) is 11.7. The Morgan fingerprint density at radius 2 is 1.78 bits per heavy atom. The molecule has 2 aromatic heterocycles. The predicted octanol–water partition coefficient (Wildman–Crippen LogP) is 7.39. The Labute approximate surface area is 269 Å². The van der Waals surface area contributed by atoms with Crippen LogP contribution in [0.25, 0.3) is 17.8 Å². The normalized spacial score (nSPS) is 26.6. The number of alkyl halides is 3. The molecule has 2 aliphatic rings. The van der Waals surface area contributed by atoms with Gasteiger partial charge in [0.2, 0.25) is 0 Å². The average Bonchev–Trinajstić information content (AvgIpc) is 3.44. The maximum Gasteiger partial charge on any atom is 0.387 e. The number of allylic oxidation sites excluding steroid dienone is 1. The summed E-state index contributed by atoms with van der Waals surface area (Å²) in [6.07, 6.45) is 6.98. The molecule has 248 valence electrons. The molecule has 0 amide bonds. The highest BCUT2D eigenvalue weighted by Crippen LogP contribution is 2.54. The Morgan fingerprint density at radius 3 is 2.33 bits per heavy atom. The van der Waals surface area contributed by atoms with Crippen molar-refractivity contribution in [3.63, 3.8) is 0 Å². The monoisotopic (exact) mass is 656 g/mol. The van der Waals surface area contributed by atoms with Gasteiger partial charge in [0, 0.05) is 54.1 Å². The van der Waals surface area contributed by atoms with Crippen LogP contribution in [0.1, 0.15) is 94.0 Å². The molecule has 1 saturated carbocycles. The number of aromatic nitrogens is 4. The van der Waals surface area contributed by atoms with E-state index in [1.807, 2.05) is 0 Å². The molecule has 2 aliphatic carbocycles. The van der Waals surface area contributed by atoms with E-state index in [9.17, 15) is 23.4 Å². The lowest BCUT2D eigenvalue weighted by atomic mass is 9.68. The fraction of sp³-hybridized carbons (Fsp3) is 0.500. The summed E-state index contributed by atoms with van der Waals surface area (Å²) in [4.78, 5) is 13.9. The molecule has 1 fully saturated rings. The molecule has 1 unspecified atom stereocenters. The summed E-state index contributed by atoms with van der Waals surface area (Å²) in [6.45, 7) is 14.0. The zero-order valence-corrected chi connectivity index (χ0v) is 28.4. The third-order valence-electron chi connectivity index (χ3n) is 9.56. The smallest absolute Gasteiger partial charge is 0.387 e. The van der Waals surface area contributed by atoms with Gasteiger partial charge in [0.05, 0.1) is 17.0 Å². The van der Waals surface area contributed by atoms with Crippen molar-refractivity contribution in [1.29, 1.82) is 0 Å². The van der Waals surface area contributed by atoms with Gasteiger partial charge in [0.25, 0.3) is 0 Å². The van der Waals surface area contributed by atoms with Gasteiger partial charge in [-0.05, 0) is 50.5 Å². The number of hydrogen-bond acceptors (Lipinski definition) is 7. The fourth-order valence-electron chi connectivity index (χ4n) is 6.46. The lowest BCUT2D eigenvalue weighted by molar-refractivity contribution is -0.171. The van der Waals surface area contributed by atoms with Gasteiger partial charge in [-0.1, -0.05) is 45.5 Å². The summed E-state index contributed by atoms with van der Waals surface area (Å²) in [7, 11) is -2.27. The largest absolute Gasteiger partial charge is 0.435 e. The van der Waals surface area contributed by atoms with Crippen LogP contribution in [-0.4, -0.2) is 56.9 Å². The molecule has 46 heavy (non-hydrogen) atoms. The molecule has 12 heteroatoms. The van der Waals surface area contributed by atoms with Crippen LogP contribution in [0.4, 0.5) is 13.2 Å². The van der Waals surface area contributed by atoms with Crippen LogP contribution in [0.2, 0.25) is 18.1 Å². The standard InChI is InChI=1S/C34H43F3N4O4Si/c1-9-26-40-28-27(24(14-33(28,6)43)23-12-10-11-13-25(23)44-30(36)37)41(26)18-21(15-35)22-16-38-29(39-17-22)34(19-32(5,42)20-34)45-46(7,8)31(2,3)4/h9-13,16-18,24,30,42-43H,1,14-15,19-20H2,2-8H3/b21-18+/t24-,32?,33?,34?/m1/s1. The molecule has 8 nitrogen and oxygen atoms in total. The highest BCUT2D eigenvalue weighted by molar-refractivity contribution is 6.74. The van der Waals surface area contributed by atoms with Crippen molar-refractivity contribution in [2.24, 2.45) is 0 Å². The zero-order chi connectivity index (χ0) is 33.9. The molecule has 0 radical (unpaired) electrons. The summed E-state index contributed by atoms with van der Waals surface area (Å²) < 4.78 is 54.6. The Bertz CT molecular complexity index is 1640. The predicted molar refractivity (Wildman–Crippen MR) is 173 cm³/mol. The number of benzene rings is 1. The Hall–Kier alpha value is -3.32. The van der Waals surface area contributed by atoms with Gasteiger partial charge in [-0.2, -0.15) is 8.78 Å². The number of fused-ring (bicyclic) bond motifs is 1. The zero-order valence-electron chi connectivity index (χ0n) is 27.4. The average molecular weight is 657 g/mol. The van der Waals surface area contributed by atoms with Crippen molar-refractivity contribution in [3.8, 4) is 5.75 Å². The van der Waals surface area contributed by atoms with Crippen molar-refractivity contribution in [2.45, 2.75) is 101 Å². The highest BCUT2D eigenvalue weighted by Gasteiger charge is 2.58. The van der Waals surface area contributed by atoms with E-state index in [0.29, 0.717) is 47.0 Å². The minimum atomic E-state index is -3.03. The number of halogens is 3.